The van der Waals surface area contributed by atoms with Crippen molar-refractivity contribution in [3.05, 3.63) is 51.0 Å². The van der Waals surface area contributed by atoms with Crippen molar-refractivity contribution in [2.75, 3.05) is 0 Å². The van der Waals surface area contributed by atoms with Crippen molar-refractivity contribution in [1.29, 1.82) is 0 Å². The van der Waals surface area contributed by atoms with Gasteiger partial charge in [0.05, 0.1) is 0 Å². The van der Waals surface area contributed by atoms with Gasteiger partial charge in [0.25, 0.3) is 5.82 Å². The highest BCUT2D eigenvalue weighted by Crippen LogP contribution is 2.20. The fourth-order valence-electron chi connectivity index (χ4n) is 3.79. The van der Waals surface area contributed by atoms with Crippen molar-refractivity contribution in [3.63, 3.8) is 0 Å². The van der Waals surface area contributed by atoms with Crippen LogP contribution in [0.5, 0.6) is 0 Å². The molecule has 0 atom stereocenters. The number of benzene rings is 1. The van der Waals surface area contributed by atoms with Crippen molar-refractivity contribution >= 4 is 23.2 Å². The molecule has 1 N–H and O–H groups in total. The van der Waals surface area contributed by atoms with E-state index in [4.69, 9.17) is 23.2 Å². The molecule has 0 fully saturated rings. The zero-order chi connectivity index (χ0) is 20.4. The number of aryl methyl sites for hydroxylation is 1. The fraction of sp³-hybridized carbons (Fsp3) is 0.625. The lowest BCUT2D eigenvalue weighted by molar-refractivity contribution is -0.700. The second-order valence-corrected chi connectivity index (χ2v) is 8.80. The third kappa shape index (κ3) is 7.12. The summed E-state index contributed by atoms with van der Waals surface area (Å²) in [4.78, 5) is 3.39. The van der Waals surface area contributed by atoms with Crippen LogP contribution in [-0.2, 0) is 13.0 Å². The van der Waals surface area contributed by atoms with Gasteiger partial charge in [0.2, 0.25) is 5.15 Å². The molecule has 2 aromatic rings. The first kappa shape index (κ1) is 23.3. The molecule has 4 heteroatoms. The molecule has 0 aliphatic carbocycles. The van der Waals surface area contributed by atoms with Crippen LogP contribution in [0.1, 0.15) is 93.8 Å². The van der Waals surface area contributed by atoms with E-state index in [1.165, 1.54) is 75.6 Å². The summed E-state index contributed by atoms with van der Waals surface area (Å²) in [6, 6.07) is 6.13. The normalized spacial score (nSPS) is 11.3. The quantitative estimate of drug-likeness (QED) is 0.251. The minimum atomic E-state index is 0.752. The Labute approximate surface area is 181 Å². The highest BCUT2D eigenvalue weighted by Gasteiger charge is 2.21. The van der Waals surface area contributed by atoms with Gasteiger partial charge in [0.15, 0.2) is 5.69 Å². The summed E-state index contributed by atoms with van der Waals surface area (Å²) in [7, 11) is 0. The first-order valence-electron chi connectivity index (χ1n) is 11.0. The molecular weight excluding hydrogens is 387 g/mol. The second-order valence-electron chi connectivity index (χ2n) is 8.01. The molecule has 0 bridgehead atoms. The number of nitrogens with one attached hydrogen (secondary N) is 1. The first-order valence-corrected chi connectivity index (χ1v) is 11.8. The summed E-state index contributed by atoms with van der Waals surface area (Å²) >= 11 is 12.7. The predicted octanol–water partition coefficient (Wildman–Crippen LogP) is 7.74. The van der Waals surface area contributed by atoms with Crippen molar-refractivity contribution in [2.24, 2.45) is 0 Å². The fourth-order valence-corrected chi connectivity index (χ4v) is 4.20. The van der Waals surface area contributed by atoms with Gasteiger partial charge in [-0.15, -0.1) is 0 Å². The van der Waals surface area contributed by atoms with E-state index in [0.717, 1.165) is 34.4 Å². The van der Waals surface area contributed by atoms with Crippen LogP contribution in [0.15, 0.2) is 18.2 Å². The van der Waals surface area contributed by atoms with Crippen LogP contribution in [0, 0.1) is 13.8 Å². The van der Waals surface area contributed by atoms with Crippen LogP contribution in [0.4, 0.5) is 0 Å². The predicted molar refractivity (Wildman–Crippen MR) is 122 cm³/mol. The molecule has 0 saturated heterocycles. The van der Waals surface area contributed by atoms with Crippen molar-refractivity contribution in [3.8, 4) is 0 Å². The summed E-state index contributed by atoms with van der Waals surface area (Å²) in [5, 5.41) is 1.58. The van der Waals surface area contributed by atoms with Crippen molar-refractivity contribution < 1.29 is 4.57 Å². The van der Waals surface area contributed by atoms with Crippen LogP contribution in [0.3, 0.4) is 0 Å². The molecule has 2 rings (SSSR count). The molecule has 0 saturated carbocycles. The largest absolute Gasteiger partial charge is 0.255 e. The van der Waals surface area contributed by atoms with Gasteiger partial charge in [-0.05, 0) is 42.1 Å². The minimum absolute atomic E-state index is 0.752. The maximum atomic E-state index is 6.40. The van der Waals surface area contributed by atoms with E-state index in [1.54, 1.807) is 0 Å². The highest BCUT2D eigenvalue weighted by molar-refractivity contribution is 6.31. The Kier molecular flexibility index (Phi) is 10.4. The monoisotopic (exact) mass is 423 g/mol. The van der Waals surface area contributed by atoms with E-state index in [9.17, 15) is 0 Å². The molecular formula is C24H37Cl2N2+. The maximum absolute atomic E-state index is 6.40. The number of aromatic amines is 1. The number of imidazole rings is 1. The number of hydrogen-bond donors (Lipinski definition) is 1. The van der Waals surface area contributed by atoms with Crippen LogP contribution < -0.4 is 4.57 Å². The van der Waals surface area contributed by atoms with Gasteiger partial charge in [-0.2, -0.15) is 0 Å². The molecule has 28 heavy (non-hydrogen) atoms. The summed E-state index contributed by atoms with van der Waals surface area (Å²) in [5.41, 5.74) is 3.50. The Morgan fingerprint density at radius 1 is 0.857 bits per heavy atom. The average molecular weight is 424 g/mol. The van der Waals surface area contributed by atoms with Crippen LogP contribution in [-0.4, -0.2) is 4.98 Å². The molecule has 2 nitrogen and oxygen atoms in total. The molecule has 0 spiro atoms. The highest BCUT2D eigenvalue weighted by atomic mass is 35.5. The molecule has 1 heterocycles. The van der Waals surface area contributed by atoms with E-state index in [1.807, 2.05) is 12.1 Å². The Morgan fingerprint density at radius 3 is 2.11 bits per heavy atom. The van der Waals surface area contributed by atoms with Gasteiger partial charge in [0, 0.05) is 18.4 Å². The smallest absolute Gasteiger partial charge is 0.231 e. The summed E-state index contributed by atoms with van der Waals surface area (Å²) in [6.45, 7) is 7.26. The van der Waals surface area contributed by atoms with Crippen LogP contribution >= 0.6 is 23.2 Å². The Morgan fingerprint density at radius 2 is 1.46 bits per heavy atom. The number of H-pyrrole nitrogens is 1. The third-order valence-corrected chi connectivity index (χ3v) is 6.56. The first-order chi connectivity index (χ1) is 13.5. The van der Waals surface area contributed by atoms with E-state index in [-0.39, 0.29) is 0 Å². The lowest BCUT2D eigenvalue weighted by Gasteiger charge is -2.08. The zero-order valence-electron chi connectivity index (χ0n) is 17.9. The maximum Gasteiger partial charge on any atom is 0.255 e. The third-order valence-electron chi connectivity index (χ3n) is 5.78. The van der Waals surface area contributed by atoms with E-state index >= 15 is 0 Å². The van der Waals surface area contributed by atoms with Crippen LogP contribution in [0.2, 0.25) is 10.2 Å². The van der Waals surface area contributed by atoms with Gasteiger partial charge in [-0.25, -0.2) is 9.55 Å². The molecule has 1 aromatic carbocycles. The lowest BCUT2D eigenvalue weighted by atomic mass is 10.1. The number of rotatable bonds is 13. The van der Waals surface area contributed by atoms with Gasteiger partial charge >= 0.3 is 0 Å². The lowest BCUT2D eigenvalue weighted by Crippen LogP contribution is -2.40. The van der Waals surface area contributed by atoms with E-state index in [2.05, 4.69) is 36.4 Å². The topological polar surface area (TPSA) is 19.7 Å². The van der Waals surface area contributed by atoms with Gasteiger partial charge in [-0.1, -0.05) is 88.4 Å². The van der Waals surface area contributed by atoms with E-state index < -0.39 is 0 Å². The number of hydrogen-bond acceptors (Lipinski definition) is 0. The zero-order valence-corrected chi connectivity index (χ0v) is 19.4. The molecule has 0 aliphatic rings. The molecule has 156 valence electrons. The molecule has 0 amide bonds. The van der Waals surface area contributed by atoms with Crippen molar-refractivity contribution in [2.45, 2.75) is 97.9 Å². The molecule has 0 unspecified atom stereocenters. The SMILES string of the molecule is CCCCCCCCCCCCc1[nH]c(Cl)c(C)[n+]1Cc1cccc(Cl)c1C. The number of nitrogens with zero attached hydrogens (tertiary/aromatic N) is 1. The van der Waals surface area contributed by atoms with Crippen molar-refractivity contribution in [1.82, 2.24) is 4.98 Å². The van der Waals surface area contributed by atoms with Crippen LogP contribution in [0.25, 0.3) is 0 Å². The summed E-state index contributed by atoms with van der Waals surface area (Å²) < 4.78 is 2.31. The van der Waals surface area contributed by atoms with Gasteiger partial charge in [0.1, 0.15) is 6.54 Å². The standard InChI is InChI=1S/C24H36Cl2N2/c1-4-5-6-7-8-9-10-11-12-13-17-23-27-24(26)20(3)28(23)18-21-15-14-16-22(25)19(21)2/h14-16H,4-13,17-18H2,1-3H3/p+1. The second kappa shape index (κ2) is 12.5. The molecule has 0 aliphatic heterocycles. The minimum Gasteiger partial charge on any atom is -0.231 e. The molecule has 1 aromatic heterocycles. The number of aromatic nitrogens is 2. The average Bonchev–Trinajstić information content (AvgIpc) is 2.94. The molecule has 0 radical (unpaired) electrons. The number of unbranched alkanes of at least 4 members (excludes halogenated alkanes) is 9. The summed E-state index contributed by atoms with van der Waals surface area (Å²) in [6.07, 6.45) is 14.6. The Balaban J connectivity index is 1.80. The summed E-state index contributed by atoms with van der Waals surface area (Å²) in [5.74, 6) is 1.22. The van der Waals surface area contributed by atoms with Gasteiger partial charge < -0.3 is 0 Å². The van der Waals surface area contributed by atoms with Gasteiger partial charge in [-0.3, -0.25) is 0 Å². The Bertz CT molecular complexity index is 722. The Hall–Kier alpha value is -0.990. The number of halogens is 2. The van der Waals surface area contributed by atoms with E-state index in [0.29, 0.717) is 0 Å².